The van der Waals surface area contributed by atoms with Crippen LogP contribution in [0.1, 0.15) is 21.6 Å². The molecule has 0 saturated heterocycles. The van der Waals surface area contributed by atoms with Crippen molar-refractivity contribution in [1.82, 2.24) is 15.3 Å². The molecule has 0 aliphatic rings. The molecule has 0 aliphatic carbocycles. The minimum Gasteiger partial charge on any atom is -0.493 e. The molecule has 0 aliphatic heterocycles. The average molecular weight is 432 g/mol. The first-order valence-corrected chi connectivity index (χ1v) is 10.6. The Morgan fingerprint density at radius 2 is 1.81 bits per heavy atom. The SMILES string of the molecule is COc1cc(-c2nc(C(=O)NCc3ccncc3)cs2)ccc1OCc1ccccc1. The molecule has 0 spiro atoms. The fraction of sp³-hybridized carbons (Fsp3) is 0.125. The van der Waals surface area contributed by atoms with Gasteiger partial charge in [-0.1, -0.05) is 30.3 Å². The monoisotopic (exact) mass is 431 g/mol. The zero-order valence-corrected chi connectivity index (χ0v) is 17.8. The van der Waals surface area contributed by atoms with Crippen molar-refractivity contribution in [1.29, 1.82) is 0 Å². The van der Waals surface area contributed by atoms with Crippen LogP contribution in [0.5, 0.6) is 11.5 Å². The van der Waals surface area contributed by atoms with Crippen LogP contribution in [0.15, 0.2) is 78.4 Å². The third kappa shape index (κ3) is 5.26. The lowest BCUT2D eigenvalue weighted by atomic mass is 10.2. The Morgan fingerprint density at radius 1 is 1.00 bits per heavy atom. The largest absolute Gasteiger partial charge is 0.493 e. The molecule has 6 nitrogen and oxygen atoms in total. The van der Waals surface area contributed by atoms with Crippen LogP contribution in [0.2, 0.25) is 0 Å². The summed E-state index contributed by atoms with van der Waals surface area (Å²) in [6.07, 6.45) is 3.39. The fourth-order valence-corrected chi connectivity index (χ4v) is 3.74. The third-order valence-electron chi connectivity index (χ3n) is 4.59. The highest BCUT2D eigenvalue weighted by Gasteiger charge is 2.14. The van der Waals surface area contributed by atoms with Gasteiger partial charge in [-0.3, -0.25) is 9.78 Å². The number of nitrogens with zero attached hydrogens (tertiary/aromatic N) is 2. The lowest BCUT2D eigenvalue weighted by Crippen LogP contribution is -2.23. The predicted octanol–water partition coefficient (Wildman–Crippen LogP) is 4.72. The molecule has 4 aromatic rings. The Kier molecular flexibility index (Phi) is 6.54. The van der Waals surface area contributed by atoms with Crippen molar-refractivity contribution in [3.63, 3.8) is 0 Å². The molecule has 156 valence electrons. The Hall–Kier alpha value is -3.71. The minimum atomic E-state index is -0.214. The second-order valence-corrected chi connectivity index (χ2v) is 7.57. The first-order chi connectivity index (χ1) is 15.2. The summed E-state index contributed by atoms with van der Waals surface area (Å²) in [5.74, 6) is 1.06. The second kappa shape index (κ2) is 9.86. The number of methoxy groups -OCH3 is 1. The summed E-state index contributed by atoms with van der Waals surface area (Å²) < 4.78 is 11.4. The van der Waals surface area contributed by atoms with Crippen molar-refractivity contribution < 1.29 is 14.3 Å². The summed E-state index contributed by atoms with van der Waals surface area (Å²) in [7, 11) is 1.61. The number of pyridine rings is 1. The van der Waals surface area contributed by atoms with E-state index in [4.69, 9.17) is 9.47 Å². The molecule has 2 aromatic carbocycles. The number of carbonyl (C=O) groups excluding carboxylic acids is 1. The van der Waals surface area contributed by atoms with Crippen LogP contribution in [0.3, 0.4) is 0 Å². The van der Waals surface area contributed by atoms with Crippen LogP contribution in [0.4, 0.5) is 0 Å². The topological polar surface area (TPSA) is 73.3 Å². The van der Waals surface area contributed by atoms with Crippen LogP contribution in [0.25, 0.3) is 10.6 Å². The van der Waals surface area contributed by atoms with Gasteiger partial charge in [0.15, 0.2) is 11.5 Å². The van der Waals surface area contributed by atoms with Crippen molar-refractivity contribution in [2.24, 2.45) is 0 Å². The van der Waals surface area contributed by atoms with E-state index in [9.17, 15) is 4.79 Å². The molecule has 4 rings (SSSR count). The number of nitrogens with one attached hydrogen (secondary N) is 1. The number of benzene rings is 2. The van der Waals surface area contributed by atoms with Crippen molar-refractivity contribution in [3.8, 4) is 22.1 Å². The van der Waals surface area contributed by atoms with E-state index in [0.29, 0.717) is 30.3 Å². The Labute approximate surface area is 184 Å². The lowest BCUT2D eigenvalue weighted by Gasteiger charge is -2.11. The van der Waals surface area contributed by atoms with Crippen molar-refractivity contribution >= 4 is 17.2 Å². The van der Waals surface area contributed by atoms with Gasteiger partial charge in [-0.05, 0) is 41.5 Å². The quantitative estimate of drug-likeness (QED) is 0.437. The maximum absolute atomic E-state index is 12.4. The normalized spacial score (nSPS) is 10.5. The van der Waals surface area contributed by atoms with Crippen LogP contribution in [0, 0.1) is 0 Å². The maximum atomic E-state index is 12.4. The molecule has 0 bridgehead atoms. The van der Waals surface area contributed by atoms with Gasteiger partial charge in [0.1, 0.15) is 17.3 Å². The van der Waals surface area contributed by atoms with E-state index >= 15 is 0 Å². The van der Waals surface area contributed by atoms with Crippen LogP contribution < -0.4 is 14.8 Å². The van der Waals surface area contributed by atoms with Crippen molar-refractivity contribution in [2.45, 2.75) is 13.2 Å². The van der Waals surface area contributed by atoms with Gasteiger partial charge in [0.2, 0.25) is 0 Å². The first-order valence-electron chi connectivity index (χ1n) is 9.70. The molecule has 7 heteroatoms. The Bertz CT molecular complexity index is 1150. The smallest absolute Gasteiger partial charge is 0.271 e. The Morgan fingerprint density at radius 3 is 2.58 bits per heavy atom. The second-order valence-electron chi connectivity index (χ2n) is 6.72. The zero-order valence-electron chi connectivity index (χ0n) is 16.9. The number of rotatable bonds is 8. The van der Waals surface area contributed by atoms with Gasteiger partial charge < -0.3 is 14.8 Å². The highest BCUT2D eigenvalue weighted by molar-refractivity contribution is 7.13. The molecule has 2 aromatic heterocycles. The highest BCUT2D eigenvalue weighted by Crippen LogP contribution is 2.34. The molecular formula is C24H21N3O3S. The van der Waals surface area contributed by atoms with Gasteiger partial charge >= 0.3 is 0 Å². The van der Waals surface area contributed by atoms with Gasteiger partial charge in [-0.15, -0.1) is 11.3 Å². The van der Waals surface area contributed by atoms with E-state index < -0.39 is 0 Å². The summed E-state index contributed by atoms with van der Waals surface area (Å²) in [6.45, 7) is 0.880. The number of ether oxygens (including phenoxy) is 2. The predicted molar refractivity (Wildman–Crippen MR) is 120 cm³/mol. The molecule has 0 fully saturated rings. The third-order valence-corrected chi connectivity index (χ3v) is 5.48. The highest BCUT2D eigenvalue weighted by atomic mass is 32.1. The van der Waals surface area contributed by atoms with Crippen LogP contribution in [-0.2, 0) is 13.2 Å². The number of carbonyl (C=O) groups is 1. The molecule has 2 heterocycles. The van der Waals surface area contributed by atoms with Crippen LogP contribution in [-0.4, -0.2) is 23.0 Å². The van der Waals surface area contributed by atoms with E-state index in [1.165, 1.54) is 11.3 Å². The van der Waals surface area contributed by atoms with E-state index in [2.05, 4.69) is 15.3 Å². The summed E-state index contributed by atoms with van der Waals surface area (Å²) >= 11 is 1.41. The lowest BCUT2D eigenvalue weighted by molar-refractivity contribution is 0.0946. The molecule has 1 amide bonds. The summed E-state index contributed by atoms with van der Waals surface area (Å²) in [5.41, 5.74) is 3.31. The van der Waals surface area contributed by atoms with Gasteiger partial charge in [-0.25, -0.2) is 4.98 Å². The number of hydrogen-bond acceptors (Lipinski definition) is 6. The van der Waals surface area contributed by atoms with E-state index in [0.717, 1.165) is 21.7 Å². The molecule has 0 saturated carbocycles. The average Bonchev–Trinajstić information content (AvgIpc) is 3.33. The number of hydrogen-bond donors (Lipinski definition) is 1. The summed E-state index contributed by atoms with van der Waals surface area (Å²) in [5, 5.41) is 5.37. The van der Waals surface area contributed by atoms with E-state index in [1.807, 2.05) is 60.7 Å². The van der Waals surface area contributed by atoms with Gasteiger partial charge in [0.25, 0.3) is 5.91 Å². The minimum absolute atomic E-state index is 0.214. The number of aromatic nitrogens is 2. The van der Waals surface area contributed by atoms with Gasteiger partial charge in [0.05, 0.1) is 7.11 Å². The molecule has 0 radical (unpaired) electrons. The molecule has 0 unspecified atom stereocenters. The molecular weight excluding hydrogens is 410 g/mol. The van der Waals surface area contributed by atoms with Gasteiger partial charge in [-0.2, -0.15) is 0 Å². The van der Waals surface area contributed by atoms with E-state index in [-0.39, 0.29) is 5.91 Å². The molecule has 31 heavy (non-hydrogen) atoms. The van der Waals surface area contributed by atoms with E-state index in [1.54, 1.807) is 24.9 Å². The van der Waals surface area contributed by atoms with Crippen molar-refractivity contribution in [2.75, 3.05) is 7.11 Å². The standard InChI is InChI=1S/C24H21N3O3S/c1-29-22-13-19(7-8-21(22)30-15-18-5-3-2-4-6-18)24-27-20(16-31-24)23(28)26-14-17-9-11-25-12-10-17/h2-13,16H,14-15H2,1H3,(H,26,28). The number of thiazole rings is 1. The maximum Gasteiger partial charge on any atom is 0.271 e. The Balaban J connectivity index is 1.43. The number of amides is 1. The van der Waals surface area contributed by atoms with Crippen molar-refractivity contribution in [3.05, 3.63) is 95.3 Å². The summed E-state index contributed by atoms with van der Waals surface area (Å²) in [6, 6.07) is 19.3. The van der Waals surface area contributed by atoms with Gasteiger partial charge in [0, 0.05) is 29.9 Å². The molecule has 1 N–H and O–H groups in total. The fourth-order valence-electron chi connectivity index (χ4n) is 2.94. The zero-order chi connectivity index (χ0) is 21.5. The molecule has 0 atom stereocenters. The van der Waals surface area contributed by atoms with Crippen LogP contribution >= 0.6 is 11.3 Å². The summed E-state index contributed by atoms with van der Waals surface area (Å²) in [4.78, 5) is 20.9. The first kappa shape index (κ1) is 20.6.